The van der Waals surface area contributed by atoms with Gasteiger partial charge in [-0.15, -0.1) is 0 Å². The van der Waals surface area contributed by atoms with Crippen molar-refractivity contribution in [3.05, 3.63) is 113 Å². The largest absolute Gasteiger partial charge is 0.497 e. The van der Waals surface area contributed by atoms with Gasteiger partial charge in [-0.05, 0) is 24.3 Å². The van der Waals surface area contributed by atoms with Gasteiger partial charge in [0.25, 0.3) is 11.3 Å². The van der Waals surface area contributed by atoms with Crippen LogP contribution in [0.25, 0.3) is 33.9 Å². The van der Waals surface area contributed by atoms with Gasteiger partial charge in [-0.25, -0.2) is 9.67 Å². The van der Waals surface area contributed by atoms with Gasteiger partial charge in [0.05, 0.1) is 18.5 Å². The molecule has 6 rings (SSSR count). The van der Waals surface area contributed by atoms with Crippen LogP contribution in [-0.2, 0) is 0 Å². The number of benzene rings is 3. The quantitative estimate of drug-likeness (QED) is 0.351. The number of rotatable bonds is 5. The predicted molar refractivity (Wildman–Crippen MR) is 134 cm³/mol. The van der Waals surface area contributed by atoms with Crippen LogP contribution in [0.3, 0.4) is 0 Å². The summed E-state index contributed by atoms with van der Waals surface area (Å²) in [6, 6.07) is 26.7. The average Bonchev–Trinajstić information content (AvgIpc) is 3.31. The molecule has 0 aliphatic carbocycles. The van der Waals surface area contributed by atoms with Crippen LogP contribution in [0.2, 0.25) is 0 Å². The Morgan fingerprint density at radius 1 is 0.833 bits per heavy atom. The predicted octanol–water partition coefficient (Wildman–Crippen LogP) is 3.73. The molecule has 3 aromatic heterocycles. The molecule has 0 bridgehead atoms. The maximum atomic E-state index is 13.4. The molecule has 0 atom stereocenters. The van der Waals surface area contributed by atoms with Gasteiger partial charge in [-0.3, -0.25) is 9.59 Å². The van der Waals surface area contributed by atoms with Crippen molar-refractivity contribution in [1.29, 1.82) is 0 Å². The van der Waals surface area contributed by atoms with Gasteiger partial charge >= 0.3 is 0 Å². The van der Waals surface area contributed by atoms with E-state index >= 15 is 0 Å². The lowest BCUT2D eigenvalue weighted by atomic mass is 10.1. The first kappa shape index (κ1) is 21.4. The molecule has 0 spiro atoms. The Morgan fingerprint density at radius 2 is 1.53 bits per heavy atom. The number of carbonyl (C=O) groups is 1. The molecule has 9 heteroatoms. The van der Waals surface area contributed by atoms with Crippen LogP contribution in [0, 0.1) is 0 Å². The summed E-state index contributed by atoms with van der Waals surface area (Å²) in [7, 11) is 1.58. The fraction of sp³-hybridized carbons (Fsp3) is 0.0370. The number of ether oxygens (including phenoxy) is 1. The minimum absolute atomic E-state index is 0.0838. The highest BCUT2D eigenvalue weighted by Gasteiger charge is 2.23. The fourth-order valence-electron chi connectivity index (χ4n) is 3.96. The van der Waals surface area contributed by atoms with Crippen LogP contribution in [0.5, 0.6) is 5.75 Å². The Morgan fingerprint density at radius 3 is 2.22 bits per heavy atom. The number of nitrogens with zero attached hydrogens (tertiary/aromatic N) is 6. The summed E-state index contributed by atoms with van der Waals surface area (Å²) < 4.78 is 7.88. The molecule has 0 unspecified atom stereocenters. The number of aromatic nitrogens is 6. The van der Waals surface area contributed by atoms with Crippen molar-refractivity contribution in [3.8, 4) is 22.7 Å². The van der Waals surface area contributed by atoms with Crippen LogP contribution in [0.4, 0.5) is 0 Å². The first-order valence-corrected chi connectivity index (χ1v) is 11.1. The standard InChI is InChI=1S/C27H18N6O3/c1-36-20-14-12-19(13-15-20)32-26-24(23(30-32)25(35)18-10-6-3-7-11-18)31-33-22(34)16-21(28-27(33)29-26)17-8-4-2-5-9-17/h2-16H,1H3. The first-order chi connectivity index (χ1) is 17.6. The summed E-state index contributed by atoms with van der Waals surface area (Å²) in [5.74, 6) is 0.443. The molecule has 0 saturated heterocycles. The summed E-state index contributed by atoms with van der Waals surface area (Å²) in [6.45, 7) is 0. The third kappa shape index (κ3) is 3.59. The van der Waals surface area contributed by atoms with E-state index in [1.165, 1.54) is 10.7 Å². The van der Waals surface area contributed by atoms with Crippen molar-refractivity contribution in [2.24, 2.45) is 0 Å². The van der Waals surface area contributed by atoms with Crippen LogP contribution in [-0.4, -0.2) is 42.3 Å². The van der Waals surface area contributed by atoms with E-state index in [1.807, 2.05) is 36.4 Å². The van der Waals surface area contributed by atoms with Crippen molar-refractivity contribution in [2.45, 2.75) is 0 Å². The third-order valence-corrected chi connectivity index (χ3v) is 5.76. The van der Waals surface area contributed by atoms with E-state index in [-0.39, 0.29) is 22.8 Å². The summed E-state index contributed by atoms with van der Waals surface area (Å²) in [5.41, 5.74) is 2.52. The lowest BCUT2D eigenvalue weighted by Crippen LogP contribution is -2.19. The van der Waals surface area contributed by atoms with Crippen molar-refractivity contribution < 1.29 is 9.53 Å². The Labute approximate surface area is 204 Å². The normalized spacial score (nSPS) is 11.1. The van der Waals surface area contributed by atoms with Gasteiger partial charge in [0.15, 0.2) is 16.9 Å². The Balaban J connectivity index is 1.62. The monoisotopic (exact) mass is 474 g/mol. The zero-order valence-electron chi connectivity index (χ0n) is 19.1. The Bertz CT molecular complexity index is 1790. The van der Waals surface area contributed by atoms with Crippen molar-refractivity contribution in [1.82, 2.24) is 29.4 Å². The zero-order chi connectivity index (χ0) is 24.6. The fourth-order valence-corrected chi connectivity index (χ4v) is 3.96. The van der Waals surface area contributed by atoms with E-state index in [0.29, 0.717) is 28.3 Å². The van der Waals surface area contributed by atoms with Crippen LogP contribution >= 0.6 is 0 Å². The molecule has 6 aromatic rings. The minimum atomic E-state index is -0.413. The van der Waals surface area contributed by atoms with Crippen LogP contribution in [0.1, 0.15) is 16.1 Å². The smallest absolute Gasteiger partial charge is 0.276 e. The molecular formula is C27H18N6O3. The average molecular weight is 474 g/mol. The summed E-state index contributed by atoms with van der Waals surface area (Å²) >= 11 is 0. The van der Waals surface area contributed by atoms with Crippen LogP contribution in [0.15, 0.2) is 95.8 Å². The molecule has 36 heavy (non-hydrogen) atoms. The lowest BCUT2D eigenvalue weighted by Gasteiger charge is -2.06. The molecular weight excluding hydrogens is 456 g/mol. The SMILES string of the molecule is COc1ccc(-n2nc(C(=O)c3ccccc3)c3nn4c(=O)cc(-c5ccccc5)nc4nc32)cc1. The maximum absolute atomic E-state index is 13.4. The van der Waals surface area contributed by atoms with E-state index in [4.69, 9.17) is 4.74 Å². The highest BCUT2D eigenvalue weighted by Crippen LogP contribution is 2.23. The van der Waals surface area contributed by atoms with Crippen molar-refractivity contribution in [3.63, 3.8) is 0 Å². The molecule has 9 nitrogen and oxygen atoms in total. The van der Waals surface area contributed by atoms with E-state index in [1.54, 1.807) is 55.6 Å². The van der Waals surface area contributed by atoms with Gasteiger partial charge in [-0.1, -0.05) is 60.7 Å². The Hall–Kier alpha value is -5.18. The molecule has 0 aliphatic rings. The molecule has 0 N–H and O–H groups in total. The van der Waals surface area contributed by atoms with Gasteiger partial charge in [0.1, 0.15) is 5.75 Å². The van der Waals surface area contributed by atoms with Gasteiger partial charge in [-0.2, -0.15) is 19.7 Å². The second-order valence-corrected chi connectivity index (χ2v) is 8.00. The van der Waals surface area contributed by atoms with E-state index in [0.717, 1.165) is 10.1 Å². The Kier molecular flexibility index (Phi) is 5.07. The second-order valence-electron chi connectivity index (χ2n) is 8.00. The van der Waals surface area contributed by atoms with Gasteiger partial charge in [0.2, 0.25) is 5.78 Å². The molecule has 0 fully saturated rings. The highest BCUT2D eigenvalue weighted by atomic mass is 16.5. The number of hydrogen-bond acceptors (Lipinski definition) is 7. The number of carbonyl (C=O) groups excluding carboxylic acids is 1. The van der Waals surface area contributed by atoms with Gasteiger partial charge in [0, 0.05) is 17.2 Å². The number of fused-ring (bicyclic) bond motifs is 2. The van der Waals surface area contributed by atoms with Crippen molar-refractivity contribution in [2.75, 3.05) is 7.11 Å². The molecule has 3 heterocycles. The summed E-state index contributed by atoms with van der Waals surface area (Å²) in [4.78, 5) is 35.6. The maximum Gasteiger partial charge on any atom is 0.276 e. The zero-order valence-corrected chi connectivity index (χ0v) is 19.1. The summed E-state index contributed by atoms with van der Waals surface area (Å²) in [5, 5.41) is 9.07. The van der Waals surface area contributed by atoms with E-state index in [2.05, 4.69) is 20.2 Å². The lowest BCUT2D eigenvalue weighted by molar-refractivity contribution is 0.103. The first-order valence-electron chi connectivity index (χ1n) is 11.1. The number of ketones is 1. The molecule has 3 aromatic carbocycles. The molecule has 0 saturated carbocycles. The third-order valence-electron chi connectivity index (χ3n) is 5.76. The second kappa shape index (κ2) is 8.55. The number of methoxy groups -OCH3 is 1. The van der Waals surface area contributed by atoms with E-state index < -0.39 is 5.56 Å². The molecule has 174 valence electrons. The van der Waals surface area contributed by atoms with E-state index in [9.17, 15) is 9.59 Å². The minimum Gasteiger partial charge on any atom is -0.497 e. The van der Waals surface area contributed by atoms with Gasteiger partial charge < -0.3 is 4.74 Å². The molecule has 0 radical (unpaired) electrons. The number of hydrogen-bond donors (Lipinski definition) is 0. The topological polar surface area (TPSA) is 104 Å². The molecule has 0 amide bonds. The molecule has 0 aliphatic heterocycles. The van der Waals surface area contributed by atoms with Crippen molar-refractivity contribution >= 4 is 22.7 Å². The highest BCUT2D eigenvalue weighted by molar-refractivity contribution is 6.13. The van der Waals surface area contributed by atoms with Crippen LogP contribution < -0.4 is 10.3 Å². The summed E-state index contributed by atoms with van der Waals surface area (Å²) in [6.07, 6.45) is 0.